The van der Waals surface area contributed by atoms with Gasteiger partial charge in [0.2, 0.25) is 0 Å². The minimum absolute atomic E-state index is 0.396. The van der Waals surface area contributed by atoms with Crippen LogP contribution in [0.2, 0.25) is 0 Å². The van der Waals surface area contributed by atoms with Gasteiger partial charge in [0.05, 0.1) is 5.52 Å². The first kappa shape index (κ1) is 12.0. The summed E-state index contributed by atoms with van der Waals surface area (Å²) in [5.74, 6) is 0. The number of methoxy groups -OCH3 is 1. The van der Waals surface area contributed by atoms with Crippen LogP contribution < -0.4 is 5.73 Å². The molecule has 0 saturated carbocycles. The Kier molecular flexibility index (Phi) is 3.41. The van der Waals surface area contributed by atoms with E-state index in [4.69, 9.17) is 10.5 Å². The summed E-state index contributed by atoms with van der Waals surface area (Å²) >= 11 is 0. The number of para-hydroxylation sites is 1. The van der Waals surface area contributed by atoms with Crippen molar-refractivity contribution in [2.24, 2.45) is 5.73 Å². The van der Waals surface area contributed by atoms with Crippen LogP contribution in [-0.4, -0.2) is 18.7 Å². The van der Waals surface area contributed by atoms with Gasteiger partial charge in [0.1, 0.15) is 0 Å². The number of pyridine rings is 1. The summed E-state index contributed by atoms with van der Waals surface area (Å²) < 4.78 is 5.09. The number of nitrogens with two attached hydrogens (primary N) is 1. The zero-order valence-electron chi connectivity index (χ0n) is 10.3. The van der Waals surface area contributed by atoms with Crippen LogP contribution in [0.25, 0.3) is 10.9 Å². The lowest BCUT2D eigenvalue weighted by molar-refractivity contribution is 0.172. The molecule has 2 rings (SSSR count). The minimum atomic E-state index is -0.396. The Hall–Kier alpha value is -1.45. The Bertz CT molecular complexity index is 508. The number of ether oxygens (including phenoxy) is 1. The lowest BCUT2D eigenvalue weighted by Crippen LogP contribution is -2.34. The first-order valence-electron chi connectivity index (χ1n) is 5.76. The van der Waals surface area contributed by atoms with Crippen LogP contribution >= 0.6 is 0 Å². The second-order valence-electron chi connectivity index (χ2n) is 4.58. The standard InChI is InChI=1S/C14H18N2O/c1-14(15,7-8-17-2)12-9-11-5-3-4-6-13(11)16-10-12/h3-6,9-10H,7-8,15H2,1-2H3. The second kappa shape index (κ2) is 4.82. The first-order chi connectivity index (χ1) is 8.13. The molecule has 1 aromatic heterocycles. The van der Waals surface area contributed by atoms with E-state index in [1.54, 1.807) is 7.11 Å². The van der Waals surface area contributed by atoms with E-state index in [0.29, 0.717) is 6.61 Å². The van der Waals surface area contributed by atoms with Crippen molar-refractivity contribution in [1.29, 1.82) is 0 Å². The van der Waals surface area contributed by atoms with Crippen molar-refractivity contribution >= 4 is 10.9 Å². The molecule has 17 heavy (non-hydrogen) atoms. The molecule has 3 nitrogen and oxygen atoms in total. The molecule has 0 aliphatic heterocycles. The molecule has 0 spiro atoms. The van der Waals surface area contributed by atoms with Gasteiger partial charge in [-0.05, 0) is 31.0 Å². The summed E-state index contributed by atoms with van der Waals surface area (Å²) in [5.41, 5.74) is 7.95. The van der Waals surface area contributed by atoms with Gasteiger partial charge in [0.25, 0.3) is 0 Å². The number of fused-ring (bicyclic) bond motifs is 1. The molecular formula is C14H18N2O. The third kappa shape index (κ3) is 2.62. The maximum Gasteiger partial charge on any atom is 0.0702 e. The fourth-order valence-electron chi connectivity index (χ4n) is 1.84. The largest absolute Gasteiger partial charge is 0.385 e. The summed E-state index contributed by atoms with van der Waals surface area (Å²) in [6.07, 6.45) is 2.64. The molecule has 0 radical (unpaired) electrons. The zero-order valence-corrected chi connectivity index (χ0v) is 10.3. The van der Waals surface area contributed by atoms with E-state index in [-0.39, 0.29) is 0 Å². The molecule has 1 atom stereocenters. The fraction of sp³-hybridized carbons (Fsp3) is 0.357. The van der Waals surface area contributed by atoms with Crippen molar-refractivity contribution < 1.29 is 4.74 Å². The van der Waals surface area contributed by atoms with Crippen LogP contribution in [0.1, 0.15) is 18.9 Å². The Morgan fingerprint density at radius 3 is 2.88 bits per heavy atom. The molecule has 0 aliphatic rings. The number of hydrogen-bond donors (Lipinski definition) is 1. The molecule has 0 bridgehead atoms. The quantitative estimate of drug-likeness (QED) is 0.877. The highest BCUT2D eigenvalue weighted by Gasteiger charge is 2.21. The minimum Gasteiger partial charge on any atom is -0.385 e. The van der Waals surface area contributed by atoms with Crippen molar-refractivity contribution in [3.8, 4) is 0 Å². The molecule has 90 valence electrons. The molecular weight excluding hydrogens is 212 g/mol. The number of nitrogens with zero attached hydrogens (tertiary/aromatic N) is 1. The second-order valence-corrected chi connectivity index (χ2v) is 4.58. The van der Waals surface area contributed by atoms with E-state index >= 15 is 0 Å². The molecule has 1 heterocycles. The Balaban J connectivity index is 2.35. The van der Waals surface area contributed by atoms with Gasteiger partial charge in [-0.15, -0.1) is 0 Å². The Morgan fingerprint density at radius 2 is 2.12 bits per heavy atom. The van der Waals surface area contributed by atoms with Crippen LogP contribution in [0, 0.1) is 0 Å². The molecule has 1 unspecified atom stereocenters. The molecule has 3 heteroatoms. The Labute approximate surface area is 102 Å². The summed E-state index contributed by atoms with van der Waals surface area (Å²) in [7, 11) is 1.69. The summed E-state index contributed by atoms with van der Waals surface area (Å²) in [6, 6.07) is 10.2. The van der Waals surface area contributed by atoms with Gasteiger partial charge in [-0.25, -0.2) is 0 Å². The van der Waals surface area contributed by atoms with Gasteiger partial charge in [-0.3, -0.25) is 4.98 Å². The van der Waals surface area contributed by atoms with Gasteiger partial charge >= 0.3 is 0 Å². The molecule has 0 aliphatic carbocycles. The Morgan fingerprint density at radius 1 is 1.35 bits per heavy atom. The highest BCUT2D eigenvalue weighted by Crippen LogP contribution is 2.24. The van der Waals surface area contributed by atoms with Crippen molar-refractivity contribution in [2.45, 2.75) is 18.9 Å². The van der Waals surface area contributed by atoms with Crippen molar-refractivity contribution in [3.63, 3.8) is 0 Å². The topological polar surface area (TPSA) is 48.1 Å². The SMILES string of the molecule is COCCC(C)(N)c1cnc2ccccc2c1. The molecule has 2 aromatic rings. The zero-order chi connectivity index (χ0) is 12.3. The first-order valence-corrected chi connectivity index (χ1v) is 5.76. The van der Waals surface area contributed by atoms with Gasteiger partial charge in [0.15, 0.2) is 0 Å². The average Bonchev–Trinajstić information content (AvgIpc) is 2.36. The average molecular weight is 230 g/mol. The summed E-state index contributed by atoms with van der Waals surface area (Å²) in [5, 5.41) is 1.12. The van der Waals surface area contributed by atoms with Crippen molar-refractivity contribution in [2.75, 3.05) is 13.7 Å². The molecule has 0 saturated heterocycles. The van der Waals surface area contributed by atoms with E-state index in [0.717, 1.165) is 22.9 Å². The van der Waals surface area contributed by atoms with E-state index in [2.05, 4.69) is 17.1 Å². The fourth-order valence-corrected chi connectivity index (χ4v) is 1.84. The highest BCUT2D eigenvalue weighted by atomic mass is 16.5. The monoisotopic (exact) mass is 230 g/mol. The van der Waals surface area contributed by atoms with Crippen molar-refractivity contribution in [1.82, 2.24) is 4.98 Å². The number of aromatic nitrogens is 1. The molecule has 0 fully saturated rings. The van der Waals surface area contributed by atoms with Crippen LogP contribution in [0.4, 0.5) is 0 Å². The normalized spacial score (nSPS) is 14.8. The van der Waals surface area contributed by atoms with Gasteiger partial charge < -0.3 is 10.5 Å². The third-order valence-electron chi connectivity index (χ3n) is 3.08. The lowest BCUT2D eigenvalue weighted by atomic mass is 9.90. The van der Waals surface area contributed by atoms with Gasteiger partial charge in [-0.2, -0.15) is 0 Å². The maximum absolute atomic E-state index is 6.30. The van der Waals surface area contributed by atoms with Gasteiger partial charge in [-0.1, -0.05) is 18.2 Å². The summed E-state index contributed by atoms with van der Waals surface area (Å²) in [6.45, 7) is 2.66. The van der Waals surface area contributed by atoms with E-state index in [1.807, 2.05) is 31.3 Å². The lowest BCUT2D eigenvalue weighted by Gasteiger charge is -2.24. The van der Waals surface area contributed by atoms with Gasteiger partial charge in [0, 0.05) is 30.8 Å². The van der Waals surface area contributed by atoms with Crippen molar-refractivity contribution in [3.05, 3.63) is 42.1 Å². The van der Waals surface area contributed by atoms with E-state index in [1.165, 1.54) is 0 Å². The number of benzene rings is 1. The van der Waals surface area contributed by atoms with Crippen LogP contribution in [0.5, 0.6) is 0 Å². The van der Waals surface area contributed by atoms with Crippen LogP contribution in [-0.2, 0) is 10.3 Å². The molecule has 1 aromatic carbocycles. The molecule has 2 N–H and O–H groups in total. The third-order valence-corrected chi connectivity index (χ3v) is 3.08. The van der Waals surface area contributed by atoms with E-state index in [9.17, 15) is 0 Å². The molecule has 0 amide bonds. The van der Waals surface area contributed by atoms with E-state index < -0.39 is 5.54 Å². The van der Waals surface area contributed by atoms with Crippen LogP contribution in [0.3, 0.4) is 0 Å². The summed E-state index contributed by atoms with van der Waals surface area (Å²) in [4.78, 5) is 4.43. The maximum atomic E-state index is 6.30. The smallest absolute Gasteiger partial charge is 0.0702 e. The predicted molar refractivity (Wildman–Crippen MR) is 69.8 cm³/mol. The highest BCUT2D eigenvalue weighted by molar-refractivity contribution is 5.78. The number of hydrogen-bond acceptors (Lipinski definition) is 3. The predicted octanol–water partition coefficient (Wildman–Crippen LogP) is 2.45. The van der Waals surface area contributed by atoms with Crippen LogP contribution in [0.15, 0.2) is 36.5 Å². The number of rotatable bonds is 4.